The Morgan fingerprint density at radius 1 is 1.14 bits per heavy atom. The van der Waals surface area contributed by atoms with Crippen molar-refractivity contribution in [2.45, 2.75) is 31.6 Å². The van der Waals surface area contributed by atoms with Crippen molar-refractivity contribution in [3.63, 3.8) is 0 Å². The summed E-state index contributed by atoms with van der Waals surface area (Å²) < 4.78 is 5.26. The molecule has 5 nitrogen and oxygen atoms in total. The third-order valence-electron chi connectivity index (χ3n) is 5.44. The van der Waals surface area contributed by atoms with Crippen molar-refractivity contribution in [1.29, 1.82) is 0 Å². The van der Waals surface area contributed by atoms with Crippen molar-refractivity contribution in [3.8, 4) is 0 Å². The van der Waals surface area contributed by atoms with Crippen LogP contribution >= 0.6 is 11.3 Å². The molecule has 0 spiro atoms. The molecule has 1 aromatic carbocycles. The van der Waals surface area contributed by atoms with E-state index in [1.165, 1.54) is 11.3 Å². The zero-order valence-electron chi connectivity index (χ0n) is 15.5. The highest BCUT2D eigenvalue weighted by Crippen LogP contribution is 2.45. The largest absolute Gasteiger partial charge is 0.465 e. The standard InChI is InChI=1S/C22H21NO4S/c1-2-27-22(26)20-15(13-6-4-3-5-7-13)10-17-19(21(20)25)16(11-18(24)23-17)14-8-9-28-12-14/h3-9,12,15-16,20H,2,10-11H2,1H3,(H,23,24)/t15-,16-,20+/m0/s1. The fraction of sp³-hybridized carbons (Fsp3) is 0.318. The van der Waals surface area contributed by atoms with Crippen molar-refractivity contribution >= 4 is 29.0 Å². The molecular weight excluding hydrogens is 374 g/mol. The molecule has 6 heteroatoms. The molecule has 4 rings (SSSR count). The van der Waals surface area contributed by atoms with Gasteiger partial charge >= 0.3 is 5.97 Å². The molecule has 2 aliphatic rings. The van der Waals surface area contributed by atoms with Crippen LogP contribution in [0.4, 0.5) is 0 Å². The zero-order chi connectivity index (χ0) is 19.7. The lowest BCUT2D eigenvalue weighted by molar-refractivity contribution is -0.152. The second-order valence-corrected chi connectivity index (χ2v) is 7.85. The fourth-order valence-corrected chi connectivity index (χ4v) is 4.94. The summed E-state index contributed by atoms with van der Waals surface area (Å²) in [4.78, 5) is 38.7. The number of hydrogen-bond donors (Lipinski definition) is 1. The molecule has 3 atom stereocenters. The Bertz CT molecular complexity index is 933. The first-order valence-corrected chi connectivity index (χ1v) is 10.3. The van der Waals surface area contributed by atoms with Crippen LogP contribution < -0.4 is 5.32 Å². The monoisotopic (exact) mass is 395 g/mol. The lowest BCUT2D eigenvalue weighted by Gasteiger charge is -2.37. The molecule has 1 aliphatic carbocycles. The molecule has 2 heterocycles. The first-order valence-electron chi connectivity index (χ1n) is 9.41. The summed E-state index contributed by atoms with van der Waals surface area (Å²) in [5.74, 6) is -2.37. The number of ketones is 1. The summed E-state index contributed by atoms with van der Waals surface area (Å²) in [6.45, 7) is 1.96. The van der Waals surface area contributed by atoms with Gasteiger partial charge in [0.15, 0.2) is 5.78 Å². The Morgan fingerprint density at radius 2 is 1.93 bits per heavy atom. The first-order chi connectivity index (χ1) is 13.6. The SMILES string of the molecule is CCOC(=O)[C@H]1C(=O)C2=C(C[C@H]1c1ccccc1)NC(=O)C[C@H]2c1ccsc1. The van der Waals surface area contributed by atoms with Gasteiger partial charge in [0.2, 0.25) is 5.91 Å². The molecule has 0 saturated heterocycles. The molecular formula is C22H21NO4S. The van der Waals surface area contributed by atoms with Gasteiger partial charge in [-0.25, -0.2) is 0 Å². The minimum atomic E-state index is -0.891. The summed E-state index contributed by atoms with van der Waals surface area (Å²) >= 11 is 1.53. The normalized spacial score (nSPS) is 24.5. The second kappa shape index (κ2) is 7.72. The number of carbonyl (C=O) groups excluding carboxylic acids is 3. The topological polar surface area (TPSA) is 72.5 Å². The number of benzene rings is 1. The summed E-state index contributed by atoms with van der Waals surface area (Å²) in [7, 11) is 0. The van der Waals surface area contributed by atoms with Gasteiger partial charge in [-0.3, -0.25) is 14.4 Å². The lowest BCUT2D eigenvalue weighted by Crippen LogP contribution is -2.44. The van der Waals surface area contributed by atoms with Crippen LogP contribution in [0, 0.1) is 5.92 Å². The highest BCUT2D eigenvalue weighted by Gasteiger charge is 2.47. The van der Waals surface area contributed by atoms with Gasteiger partial charge in [0.25, 0.3) is 0 Å². The van der Waals surface area contributed by atoms with Crippen LogP contribution in [-0.2, 0) is 19.1 Å². The molecule has 0 radical (unpaired) electrons. The van der Waals surface area contributed by atoms with E-state index in [1.54, 1.807) is 6.92 Å². The Balaban J connectivity index is 1.81. The molecule has 144 valence electrons. The van der Waals surface area contributed by atoms with E-state index in [4.69, 9.17) is 4.74 Å². The van der Waals surface area contributed by atoms with E-state index < -0.39 is 11.9 Å². The van der Waals surface area contributed by atoms with Gasteiger partial charge < -0.3 is 10.1 Å². The van der Waals surface area contributed by atoms with E-state index in [2.05, 4.69) is 5.32 Å². The third-order valence-corrected chi connectivity index (χ3v) is 6.14. The number of amides is 1. The maximum Gasteiger partial charge on any atom is 0.317 e. The first kappa shape index (κ1) is 18.6. The second-order valence-electron chi connectivity index (χ2n) is 7.07. The zero-order valence-corrected chi connectivity index (χ0v) is 16.3. The van der Waals surface area contributed by atoms with Crippen molar-refractivity contribution in [2.24, 2.45) is 5.92 Å². The maximum absolute atomic E-state index is 13.6. The molecule has 0 fully saturated rings. The number of Topliss-reactive ketones (excluding diaryl/α,β-unsaturated/α-hetero) is 1. The summed E-state index contributed by atoms with van der Waals surface area (Å²) in [5.41, 5.74) is 3.05. The van der Waals surface area contributed by atoms with Gasteiger partial charge in [-0.1, -0.05) is 30.3 Å². The Hall–Kier alpha value is -2.73. The number of esters is 1. The van der Waals surface area contributed by atoms with Gasteiger partial charge in [0, 0.05) is 29.5 Å². The predicted octanol–water partition coefficient (Wildman–Crippen LogP) is 3.54. The number of carbonyl (C=O) groups is 3. The molecule has 1 amide bonds. The predicted molar refractivity (Wildman–Crippen MR) is 106 cm³/mol. The maximum atomic E-state index is 13.6. The molecule has 28 heavy (non-hydrogen) atoms. The average molecular weight is 395 g/mol. The van der Waals surface area contributed by atoms with E-state index in [-0.39, 0.29) is 36.6 Å². The number of hydrogen-bond acceptors (Lipinski definition) is 5. The molecule has 1 N–H and O–H groups in total. The van der Waals surface area contributed by atoms with Gasteiger partial charge in [0.1, 0.15) is 5.92 Å². The Labute approximate surface area is 167 Å². The van der Waals surface area contributed by atoms with E-state index >= 15 is 0 Å². The highest BCUT2D eigenvalue weighted by molar-refractivity contribution is 7.08. The van der Waals surface area contributed by atoms with Crippen LogP contribution in [0.3, 0.4) is 0 Å². The smallest absolute Gasteiger partial charge is 0.317 e. The Morgan fingerprint density at radius 3 is 2.61 bits per heavy atom. The van der Waals surface area contributed by atoms with E-state index in [9.17, 15) is 14.4 Å². The van der Waals surface area contributed by atoms with Crippen molar-refractivity contribution in [1.82, 2.24) is 5.32 Å². The average Bonchev–Trinajstić information content (AvgIpc) is 3.22. The molecule has 0 unspecified atom stereocenters. The van der Waals surface area contributed by atoms with Gasteiger partial charge in [-0.2, -0.15) is 11.3 Å². The number of thiophene rings is 1. The summed E-state index contributed by atoms with van der Waals surface area (Å²) in [5, 5.41) is 6.80. The fourth-order valence-electron chi connectivity index (χ4n) is 4.23. The number of nitrogens with one attached hydrogen (secondary N) is 1. The minimum Gasteiger partial charge on any atom is -0.465 e. The quantitative estimate of drug-likeness (QED) is 0.635. The van der Waals surface area contributed by atoms with Gasteiger partial charge in [0.05, 0.1) is 6.61 Å². The van der Waals surface area contributed by atoms with Gasteiger partial charge in [-0.15, -0.1) is 0 Å². The van der Waals surface area contributed by atoms with Crippen LogP contribution in [0.5, 0.6) is 0 Å². The summed E-state index contributed by atoms with van der Waals surface area (Å²) in [6.07, 6.45) is 0.647. The van der Waals surface area contributed by atoms with Crippen LogP contribution in [0.2, 0.25) is 0 Å². The van der Waals surface area contributed by atoms with E-state index in [1.807, 2.05) is 47.2 Å². The third kappa shape index (κ3) is 3.29. The van der Waals surface area contributed by atoms with E-state index in [0.717, 1.165) is 11.1 Å². The van der Waals surface area contributed by atoms with Crippen molar-refractivity contribution < 1.29 is 19.1 Å². The van der Waals surface area contributed by atoms with Crippen LogP contribution in [-0.4, -0.2) is 24.3 Å². The molecule has 1 aromatic heterocycles. The molecule has 1 aliphatic heterocycles. The number of ether oxygens (including phenoxy) is 1. The Kier molecular flexibility index (Phi) is 5.13. The molecule has 2 aromatic rings. The molecule has 0 bridgehead atoms. The van der Waals surface area contributed by atoms with Crippen molar-refractivity contribution in [3.05, 3.63) is 69.6 Å². The summed E-state index contributed by atoms with van der Waals surface area (Å²) in [6, 6.07) is 11.4. The number of allylic oxidation sites excluding steroid dienone is 2. The highest BCUT2D eigenvalue weighted by atomic mass is 32.1. The van der Waals surface area contributed by atoms with Crippen LogP contribution in [0.15, 0.2) is 58.4 Å². The number of rotatable bonds is 4. The van der Waals surface area contributed by atoms with Crippen LogP contribution in [0.1, 0.15) is 42.7 Å². The van der Waals surface area contributed by atoms with Gasteiger partial charge in [-0.05, 0) is 41.3 Å². The lowest BCUT2D eigenvalue weighted by atomic mass is 9.68. The minimum absolute atomic E-state index is 0.0934. The molecule has 0 saturated carbocycles. The van der Waals surface area contributed by atoms with Crippen LogP contribution in [0.25, 0.3) is 0 Å². The van der Waals surface area contributed by atoms with E-state index in [0.29, 0.717) is 17.7 Å². The van der Waals surface area contributed by atoms with Crippen molar-refractivity contribution in [2.75, 3.05) is 6.61 Å².